The van der Waals surface area contributed by atoms with E-state index < -0.39 is 8.38 Å². The van der Waals surface area contributed by atoms with Crippen LogP contribution in [0.1, 0.15) is 5.56 Å². The molecule has 2 nitrogen and oxygen atoms in total. The molecule has 0 bridgehead atoms. The molecule has 1 unspecified atom stereocenters. The van der Waals surface area contributed by atoms with E-state index in [0.717, 1.165) is 27.9 Å². The third kappa shape index (κ3) is 2.96. The Morgan fingerprint density at radius 3 is 2.04 bits per heavy atom. The van der Waals surface area contributed by atoms with E-state index in [1.807, 2.05) is 42.5 Å². The lowest BCUT2D eigenvalue weighted by Gasteiger charge is -2.27. The number of rotatable bonds is 3. The van der Waals surface area contributed by atoms with Gasteiger partial charge in [-0.15, -0.1) is 0 Å². The van der Waals surface area contributed by atoms with Gasteiger partial charge in [0.15, 0.2) is 0 Å². The van der Waals surface area contributed by atoms with Gasteiger partial charge in [0, 0.05) is 11.1 Å². The van der Waals surface area contributed by atoms with Crippen molar-refractivity contribution in [3.05, 3.63) is 103 Å². The quantitative estimate of drug-likeness (QED) is 0.365. The molecule has 4 aromatic rings. The van der Waals surface area contributed by atoms with Crippen molar-refractivity contribution in [2.45, 2.75) is 6.92 Å². The lowest BCUT2D eigenvalue weighted by molar-refractivity contribution is 0.501. The van der Waals surface area contributed by atoms with Crippen LogP contribution < -0.4 is 14.4 Å². The highest BCUT2D eigenvalue weighted by atomic mass is 31.2. The van der Waals surface area contributed by atoms with Crippen molar-refractivity contribution in [1.82, 2.24) is 0 Å². The molecular formula is C25H19O2P. The first kappa shape index (κ1) is 17.0. The second kappa shape index (κ2) is 7.14. The Bertz CT molecular complexity index is 1150. The van der Waals surface area contributed by atoms with Gasteiger partial charge >= 0.3 is 8.38 Å². The Morgan fingerprint density at radius 2 is 1.21 bits per heavy atom. The van der Waals surface area contributed by atoms with E-state index in [1.54, 1.807) is 0 Å². The first-order valence-corrected chi connectivity index (χ1v) is 10.5. The van der Waals surface area contributed by atoms with Crippen LogP contribution in [0.3, 0.4) is 0 Å². The van der Waals surface area contributed by atoms with Crippen molar-refractivity contribution >= 4 is 13.7 Å². The minimum absolute atomic E-state index is 0.845. The predicted molar refractivity (Wildman–Crippen MR) is 116 cm³/mol. The second-order valence-electron chi connectivity index (χ2n) is 6.76. The van der Waals surface area contributed by atoms with Gasteiger partial charge in [0.25, 0.3) is 0 Å². The van der Waals surface area contributed by atoms with Crippen molar-refractivity contribution in [2.75, 3.05) is 0 Å². The maximum atomic E-state index is 6.52. The van der Waals surface area contributed by atoms with Gasteiger partial charge in [-0.25, -0.2) is 0 Å². The molecule has 0 aromatic heterocycles. The van der Waals surface area contributed by atoms with Crippen molar-refractivity contribution in [3.63, 3.8) is 0 Å². The molecule has 0 fully saturated rings. The molecule has 0 N–H and O–H groups in total. The topological polar surface area (TPSA) is 18.5 Å². The third-order valence-electron chi connectivity index (χ3n) is 4.96. The number of benzene rings is 4. The van der Waals surface area contributed by atoms with Gasteiger partial charge in [0.05, 0.1) is 5.30 Å². The molecule has 0 aliphatic carbocycles. The van der Waals surface area contributed by atoms with Crippen LogP contribution in [0.15, 0.2) is 97.1 Å². The van der Waals surface area contributed by atoms with Gasteiger partial charge < -0.3 is 9.05 Å². The van der Waals surface area contributed by atoms with Gasteiger partial charge in [0.2, 0.25) is 0 Å². The van der Waals surface area contributed by atoms with Crippen molar-refractivity contribution in [3.8, 4) is 33.8 Å². The van der Waals surface area contributed by atoms with Gasteiger partial charge in [0.1, 0.15) is 11.5 Å². The molecule has 0 spiro atoms. The van der Waals surface area contributed by atoms with E-state index in [1.165, 1.54) is 16.7 Å². The number of hydrogen-bond donors (Lipinski definition) is 0. The Hall–Kier alpha value is -3.09. The monoisotopic (exact) mass is 382 g/mol. The molecule has 0 saturated carbocycles. The molecule has 1 heterocycles. The molecular weight excluding hydrogens is 363 g/mol. The highest BCUT2D eigenvalue weighted by molar-refractivity contribution is 7.57. The van der Waals surface area contributed by atoms with Gasteiger partial charge in [-0.3, -0.25) is 0 Å². The first-order valence-electron chi connectivity index (χ1n) is 9.31. The number of aryl methyl sites for hydroxylation is 1. The minimum Gasteiger partial charge on any atom is -0.435 e. The molecule has 136 valence electrons. The highest BCUT2D eigenvalue weighted by Crippen LogP contribution is 2.50. The summed E-state index contributed by atoms with van der Waals surface area (Å²) in [5.41, 5.74) is 5.79. The summed E-state index contributed by atoms with van der Waals surface area (Å²) in [4.78, 5) is 0. The largest absolute Gasteiger partial charge is 0.435 e. The fourth-order valence-electron chi connectivity index (χ4n) is 3.57. The standard InChI is InChI=1S/C25H19O2P/c1-18-10-2-3-11-19(18)20-12-4-7-15-23(20)26-28-25-17-9-6-14-22(25)21-13-5-8-16-24(21)27-28/h2-17H,1H3. The summed E-state index contributed by atoms with van der Waals surface area (Å²) in [6.07, 6.45) is 0. The van der Waals surface area contributed by atoms with Crippen LogP contribution in [0.5, 0.6) is 11.5 Å². The minimum atomic E-state index is -1.27. The summed E-state index contributed by atoms with van der Waals surface area (Å²) >= 11 is 0. The molecule has 0 radical (unpaired) electrons. The fraction of sp³-hybridized carbons (Fsp3) is 0.0400. The van der Waals surface area contributed by atoms with Crippen LogP contribution in [0.4, 0.5) is 0 Å². The van der Waals surface area contributed by atoms with Crippen LogP contribution in [0.25, 0.3) is 22.3 Å². The molecule has 5 rings (SSSR count). The van der Waals surface area contributed by atoms with Crippen LogP contribution in [0.2, 0.25) is 0 Å². The van der Waals surface area contributed by atoms with E-state index in [0.29, 0.717) is 0 Å². The molecule has 1 atom stereocenters. The van der Waals surface area contributed by atoms with Crippen molar-refractivity contribution in [2.24, 2.45) is 0 Å². The van der Waals surface area contributed by atoms with Gasteiger partial charge in [-0.2, -0.15) is 0 Å². The SMILES string of the molecule is Cc1ccccc1-c1ccccc1OP1Oc2ccccc2-c2ccccc21. The smallest absolute Gasteiger partial charge is 0.326 e. The Balaban J connectivity index is 1.58. The molecule has 1 aliphatic heterocycles. The fourth-order valence-corrected chi connectivity index (χ4v) is 5.08. The predicted octanol–water partition coefficient (Wildman–Crippen LogP) is 6.74. The maximum Gasteiger partial charge on any atom is 0.326 e. The zero-order valence-corrected chi connectivity index (χ0v) is 16.4. The van der Waals surface area contributed by atoms with Crippen LogP contribution in [-0.2, 0) is 0 Å². The maximum absolute atomic E-state index is 6.52. The van der Waals surface area contributed by atoms with Crippen LogP contribution >= 0.6 is 8.38 Å². The highest BCUT2D eigenvalue weighted by Gasteiger charge is 2.29. The Labute approximate surface area is 166 Å². The summed E-state index contributed by atoms with van der Waals surface area (Å²) in [5, 5.41) is 1.11. The van der Waals surface area contributed by atoms with E-state index in [-0.39, 0.29) is 0 Å². The summed E-state index contributed by atoms with van der Waals surface area (Å²) in [6, 6.07) is 33.1. The summed E-state index contributed by atoms with van der Waals surface area (Å²) in [6.45, 7) is 2.13. The van der Waals surface area contributed by atoms with Crippen LogP contribution in [-0.4, -0.2) is 0 Å². The zero-order chi connectivity index (χ0) is 18.9. The normalized spacial score (nSPS) is 14.5. The number of fused-ring (bicyclic) bond motifs is 3. The molecule has 28 heavy (non-hydrogen) atoms. The summed E-state index contributed by atoms with van der Waals surface area (Å²) in [7, 11) is -1.27. The Kier molecular flexibility index (Phi) is 4.35. The molecule has 0 amide bonds. The average Bonchev–Trinajstić information content (AvgIpc) is 2.75. The van der Waals surface area contributed by atoms with Crippen molar-refractivity contribution < 1.29 is 9.05 Å². The molecule has 1 aliphatic rings. The lowest BCUT2D eigenvalue weighted by atomic mass is 10.00. The second-order valence-corrected chi connectivity index (χ2v) is 8.13. The van der Waals surface area contributed by atoms with E-state index >= 15 is 0 Å². The summed E-state index contributed by atoms with van der Waals surface area (Å²) < 4.78 is 12.8. The van der Waals surface area contributed by atoms with Gasteiger partial charge in [-0.05, 0) is 41.8 Å². The average molecular weight is 382 g/mol. The lowest BCUT2D eigenvalue weighted by Crippen LogP contribution is -2.17. The first-order chi connectivity index (χ1) is 13.8. The van der Waals surface area contributed by atoms with E-state index in [9.17, 15) is 0 Å². The molecule has 3 heteroatoms. The van der Waals surface area contributed by atoms with E-state index in [2.05, 4.69) is 61.5 Å². The molecule has 4 aromatic carbocycles. The third-order valence-corrected chi connectivity index (χ3v) is 6.47. The number of hydrogen-bond acceptors (Lipinski definition) is 2. The van der Waals surface area contributed by atoms with Gasteiger partial charge in [-0.1, -0.05) is 78.9 Å². The molecule has 0 saturated heterocycles. The van der Waals surface area contributed by atoms with Crippen molar-refractivity contribution in [1.29, 1.82) is 0 Å². The van der Waals surface area contributed by atoms with Crippen LogP contribution in [0, 0.1) is 6.92 Å². The zero-order valence-electron chi connectivity index (χ0n) is 15.5. The Morgan fingerprint density at radius 1 is 0.607 bits per heavy atom. The summed E-state index contributed by atoms with van der Waals surface area (Å²) in [5.74, 6) is 1.72. The number of para-hydroxylation sites is 2. The van der Waals surface area contributed by atoms with E-state index in [4.69, 9.17) is 9.05 Å².